The highest BCUT2D eigenvalue weighted by Gasteiger charge is 2.27. The number of aromatic nitrogens is 2. The average Bonchev–Trinajstić information content (AvgIpc) is 3.42. The number of thioether (sulfide) groups is 1. The fraction of sp³-hybridized carbons (Fsp3) is 0.545. The predicted octanol–water partition coefficient (Wildman–Crippen LogP) is 5.11. The Kier molecular flexibility index (Phi) is 9.31. The van der Waals surface area contributed by atoms with Crippen molar-refractivity contribution in [2.75, 3.05) is 18.4 Å². The van der Waals surface area contributed by atoms with Crippen LogP contribution in [0.5, 0.6) is 0 Å². The number of amides is 2. The van der Waals surface area contributed by atoms with Crippen molar-refractivity contribution in [3.63, 3.8) is 0 Å². The SMILES string of the molecule is C=CC(=O)N1CCC(C(=O)Nc2ncc(SCc3ncc(C(C)(C)C)o3)s2)CC1.CC. The first-order chi connectivity index (χ1) is 14.8. The van der Waals surface area contributed by atoms with E-state index < -0.39 is 0 Å². The predicted molar refractivity (Wildman–Crippen MR) is 126 cm³/mol. The Bertz CT molecular complexity index is 877. The first-order valence-electron chi connectivity index (χ1n) is 10.5. The van der Waals surface area contributed by atoms with Crippen molar-refractivity contribution >= 4 is 40.0 Å². The Labute approximate surface area is 192 Å². The Hall–Kier alpha value is -2.13. The van der Waals surface area contributed by atoms with Gasteiger partial charge in [0.2, 0.25) is 17.7 Å². The van der Waals surface area contributed by atoms with Crippen molar-refractivity contribution in [2.45, 2.75) is 62.8 Å². The quantitative estimate of drug-likeness (QED) is 0.472. The monoisotopic (exact) mass is 464 g/mol. The number of anilines is 1. The first kappa shape index (κ1) is 25.1. The molecule has 0 unspecified atom stereocenters. The molecule has 170 valence electrons. The van der Waals surface area contributed by atoms with Crippen molar-refractivity contribution in [2.24, 2.45) is 5.92 Å². The van der Waals surface area contributed by atoms with E-state index >= 15 is 0 Å². The maximum absolute atomic E-state index is 12.5. The summed E-state index contributed by atoms with van der Waals surface area (Å²) in [4.78, 5) is 34.5. The molecule has 31 heavy (non-hydrogen) atoms. The van der Waals surface area contributed by atoms with Crippen molar-refractivity contribution in [3.8, 4) is 0 Å². The van der Waals surface area contributed by atoms with E-state index in [1.807, 2.05) is 13.8 Å². The molecule has 0 radical (unpaired) electrons. The molecular formula is C22H32N4O3S2. The zero-order valence-electron chi connectivity index (χ0n) is 18.9. The van der Waals surface area contributed by atoms with Crippen LogP contribution in [-0.2, 0) is 20.8 Å². The van der Waals surface area contributed by atoms with Gasteiger partial charge in [-0.05, 0) is 18.9 Å². The van der Waals surface area contributed by atoms with Crippen LogP contribution in [0.1, 0.15) is 59.1 Å². The van der Waals surface area contributed by atoms with E-state index in [1.165, 1.54) is 17.4 Å². The Morgan fingerprint density at radius 3 is 2.55 bits per heavy atom. The minimum absolute atomic E-state index is 0.0378. The molecule has 1 fully saturated rings. The lowest BCUT2D eigenvalue weighted by atomic mass is 9.94. The molecule has 2 amide bonds. The van der Waals surface area contributed by atoms with Gasteiger partial charge in [-0.3, -0.25) is 9.59 Å². The van der Waals surface area contributed by atoms with E-state index in [-0.39, 0.29) is 23.1 Å². The van der Waals surface area contributed by atoms with E-state index in [1.54, 1.807) is 29.1 Å². The summed E-state index contributed by atoms with van der Waals surface area (Å²) in [6.07, 6.45) is 6.15. The van der Waals surface area contributed by atoms with Gasteiger partial charge in [-0.15, -0.1) is 11.8 Å². The second-order valence-corrected chi connectivity index (χ2v) is 10.2. The maximum atomic E-state index is 12.5. The number of oxazole rings is 1. The summed E-state index contributed by atoms with van der Waals surface area (Å²) in [6, 6.07) is 0. The molecule has 3 rings (SSSR count). The van der Waals surface area contributed by atoms with Crippen LogP contribution in [0.2, 0.25) is 0 Å². The van der Waals surface area contributed by atoms with Crippen LogP contribution >= 0.6 is 23.1 Å². The normalized spacial score (nSPS) is 14.5. The number of hydrogen-bond acceptors (Lipinski definition) is 7. The van der Waals surface area contributed by atoms with Gasteiger partial charge in [-0.25, -0.2) is 9.97 Å². The van der Waals surface area contributed by atoms with Crippen LogP contribution in [-0.4, -0.2) is 39.8 Å². The summed E-state index contributed by atoms with van der Waals surface area (Å²) in [6.45, 7) is 14.9. The van der Waals surface area contributed by atoms with Gasteiger partial charge in [0, 0.05) is 24.4 Å². The van der Waals surface area contributed by atoms with Crippen LogP contribution in [0.15, 0.2) is 33.7 Å². The second kappa shape index (κ2) is 11.5. The zero-order valence-corrected chi connectivity index (χ0v) is 20.6. The lowest BCUT2D eigenvalue weighted by Crippen LogP contribution is -2.40. The fourth-order valence-corrected chi connectivity index (χ4v) is 4.67. The van der Waals surface area contributed by atoms with Gasteiger partial charge in [0.1, 0.15) is 5.76 Å². The Balaban J connectivity index is 0.00000166. The molecule has 1 saturated heterocycles. The second-order valence-electron chi connectivity index (χ2n) is 7.93. The minimum Gasteiger partial charge on any atom is -0.444 e. The van der Waals surface area contributed by atoms with Gasteiger partial charge in [0.15, 0.2) is 5.13 Å². The summed E-state index contributed by atoms with van der Waals surface area (Å²) in [5.41, 5.74) is -0.0625. The highest BCUT2D eigenvalue weighted by molar-refractivity contribution is 8.00. The number of nitrogens with one attached hydrogen (secondary N) is 1. The molecular weight excluding hydrogens is 432 g/mol. The molecule has 1 aliphatic heterocycles. The number of likely N-dealkylation sites (tertiary alicyclic amines) is 1. The molecule has 9 heteroatoms. The van der Waals surface area contributed by atoms with E-state index in [4.69, 9.17) is 4.42 Å². The summed E-state index contributed by atoms with van der Waals surface area (Å²) in [7, 11) is 0. The number of carbonyl (C=O) groups is 2. The van der Waals surface area contributed by atoms with E-state index in [0.717, 1.165) is 9.97 Å². The summed E-state index contributed by atoms with van der Waals surface area (Å²) >= 11 is 3.02. The van der Waals surface area contributed by atoms with Crippen LogP contribution in [0, 0.1) is 5.92 Å². The molecule has 0 aliphatic carbocycles. The number of piperidine rings is 1. The van der Waals surface area contributed by atoms with Gasteiger partial charge in [0.05, 0.1) is 22.4 Å². The molecule has 7 nitrogen and oxygen atoms in total. The van der Waals surface area contributed by atoms with Crippen molar-refractivity contribution in [1.29, 1.82) is 0 Å². The van der Waals surface area contributed by atoms with Crippen molar-refractivity contribution < 1.29 is 14.0 Å². The molecule has 2 aromatic heterocycles. The maximum Gasteiger partial charge on any atom is 0.245 e. The standard InChI is InChI=1S/C20H26N4O3S2.C2H6/c1-5-16(25)24-8-6-13(7-9-24)18(26)23-19-22-11-17(29-19)28-12-15-21-10-14(27-15)20(2,3)4;1-2/h5,10-11,13H,1,6-9,12H2,2-4H3,(H,22,23,26);1-2H3. The number of nitrogens with zero attached hydrogens (tertiary/aromatic N) is 3. The van der Waals surface area contributed by atoms with Crippen LogP contribution in [0.4, 0.5) is 5.13 Å². The molecule has 0 atom stereocenters. The number of thiazole rings is 1. The van der Waals surface area contributed by atoms with Gasteiger partial charge >= 0.3 is 0 Å². The highest BCUT2D eigenvalue weighted by Crippen LogP contribution is 2.32. The van der Waals surface area contributed by atoms with Gasteiger partial charge in [0.25, 0.3) is 0 Å². The van der Waals surface area contributed by atoms with Crippen molar-refractivity contribution in [1.82, 2.24) is 14.9 Å². The molecule has 2 aromatic rings. The number of rotatable bonds is 6. The first-order valence-corrected chi connectivity index (χ1v) is 12.3. The number of carbonyl (C=O) groups excluding carboxylic acids is 2. The molecule has 1 aliphatic rings. The molecule has 3 heterocycles. The van der Waals surface area contributed by atoms with Crippen LogP contribution < -0.4 is 5.32 Å². The van der Waals surface area contributed by atoms with E-state index in [0.29, 0.717) is 42.7 Å². The van der Waals surface area contributed by atoms with Crippen LogP contribution in [0.3, 0.4) is 0 Å². The molecule has 0 saturated carbocycles. The zero-order chi connectivity index (χ0) is 23.0. The highest BCUT2D eigenvalue weighted by atomic mass is 32.2. The third-order valence-corrected chi connectivity index (χ3v) is 6.79. The van der Waals surface area contributed by atoms with Gasteiger partial charge in [-0.1, -0.05) is 52.5 Å². The summed E-state index contributed by atoms with van der Waals surface area (Å²) in [5.74, 6) is 1.94. The molecule has 0 spiro atoms. The molecule has 1 N–H and O–H groups in total. The summed E-state index contributed by atoms with van der Waals surface area (Å²) < 4.78 is 6.79. The average molecular weight is 465 g/mol. The van der Waals surface area contributed by atoms with Crippen LogP contribution in [0.25, 0.3) is 0 Å². The lowest BCUT2D eigenvalue weighted by molar-refractivity contribution is -0.130. The van der Waals surface area contributed by atoms with E-state index in [9.17, 15) is 9.59 Å². The largest absolute Gasteiger partial charge is 0.444 e. The Morgan fingerprint density at radius 2 is 1.97 bits per heavy atom. The smallest absolute Gasteiger partial charge is 0.245 e. The molecule has 0 aromatic carbocycles. The fourth-order valence-electron chi connectivity index (χ4n) is 2.94. The minimum atomic E-state index is -0.105. The summed E-state index contributed by atoms with van der Waals surface area (Å²) in [5, 5.41) is 3.49. The number of hydrogen-bond donors (Lipinski definition) is 1. The van der Waals surface area contributed by atoms with Crippen molar-refractivity contribution in [3.05, 3.63) is 36.7 Å². The Morgan fingerprint density at radius 1 is 1.29 bits per heavy atom. The third kappa shape index (κ3) is 7.21. The topological polar surface area (TPSA) is 88.3 Å². The lowest BCUT2D eigenvalue weighted by Gasteiger charge is -2.30. The van der Waals surface area contributed by atoms with Gasteiger partial charge < -0.3 is 14.6 Å². The third-order valence-electron chi connectivity index (χ3n) is 4.70. The van der Waals surface area contributed by atoms with E-state index in [2.05, 4.69) is 42.6 Å². The van der Waals surface area contributed by atoms with Gasteiger partial charge in [-0.2, -0.15) is 0 Å². The molecule has 0 bridgehead atoms.